The van der Waals surface area contributed by atoms with E-state index in [2.05, 4.69) is 9.97 Å². The molecule has 3 rings (SSSR count). The van der Waals surface area contributed by atoms with E-state index in [1.54, 1.807) is 31.4 Å². The van der Waals surface area contributed by atoms with Crippen molar-refractivity contribution < 1.29 is 14.3 Å². The number of benzene rings is 2. The zero-order valence-electron chi connectivity index (χ0n) is 14.8. The quantitative estimate of drug-likeness (QED) is 0.239. The second-order valence-corrected chi connectivity index (χ2v) is 6.73. The van der Waals surface area contributed by atoms with Crippen molar-refractivity contribution in [3.63, 3.8) is 0 Å². The fourth-order valence-electron chi connectivity index (χ4n) is 2.42. The summed E-state index contributed by atoms with van der Waals surface area (Å²) < 4.78 is 11.2. The molecule has 138 valence electrons. The van der Waals surface area contributed by atoms with Gasteiger partial charge in [0, 0.05) is 12.0 Å². The Morgan fingerprint density at radius 3 is 2.30 bits per heavy atom. The number of aldehydes is 1. The molecule has 0 aliphatic heterocycles. The average molecular weight is 401 g/mol. The Balaban J connectivity index is 1.94. The topological polar surface area (TPSA) is 61.3 Å². The molecule has 3 aromatic rings. The van der Waals surface area contributed by atoms with Crippen molar-refractivity contribution in [2.75, 3.05) is 13.4 Å². The van der Waals surface area contributed by atoms with Crippen LogP contribution in [0.15, 0.2) is 53.7 Å². The number of aromatic nitrogens is 2. The third-order valence-corrected chi connectivity index (χ3v) is 4.71. The van der Waals surface area contributed by atoms with Crippen LogP contribution in [0.4, 0.5) is 0 Å². The Kier molecular flexibility index (Phi) is 6.32. The minimum absolute atomic E-state index is 0.352. The van der Waals surface area contributed by atoms with Crippen molar-refractivity contribution in [3.8, 4) is 17.4 Å². The number of carbonyl (C=O) groups excluding carboxylic acids is 1. The maximum atomic E-state index is 10.8. The van der Waals surface area contributed by atoms with E-state index in [1.807, 2.05) is 30.5 Å². The predicted octanol–water partition coefficient (Wildman–Crippen LogP) is 5.06. The lowest BCUT2D eigenvalue weighted by atomic mass is 10.1. The highest BCUT2D eigenvalue weighted by Gasteiger charge is 2.16. The largest absolute Gasteiger partial charge is 0.497 e. The maximum Gasteiger partial charge on any atom is 0.228 e. The Labute approximate surface area is 166 Å². The lowest BCUT2D eigenvalue weighted by Crippen LogP contribution is -2.01. The minimum Gasteiger partial charge on any atom is -0.497 e. The molecule has 0 N–H and O–H groups in total. The highest BCUT2D eigenvalue weighted by atomic mass is 35.5. The zero-order chi connectivity index (χ0) is 19.2. The number of nitrogens with zero attached hydrogens (tertiary/aromatic N) is 2. The molecule has 0 bridgehead atoms. The molecule has 0 saturated heterocycles. The van der Waals surface area contributed by atoms with Crippen LogP contribution in [0.2, 0.25) is 5.15 Å². The van der Waals surface area contributed by atoms with Gasteiger partial charge in [-0.3, -0.25) is 4.79 Å². The fraction of sp³-hybridized carbons (Fsp3) is 0.150. The van der Waals surface area contributed by atoms with Crippen LogP contribution >= 0.6 is 23.4 Å². The van der Waals surface area contributed by atoms with E-state index in [1.165, 1.54) is 11.8 Å². The third kappa shape index (κ3) is 4.78. The van der Waals surface area contributed by atoms with Crippen LogP contribution in [0, 0.1) is 0 Å². The Bertz CT molecular complexity index is 931. The Morgan fingerprint density at radius 2 is 1.70 bits per heavy atom. The first kappa shape index (κ1) is 19.2. The molecule has 0 radical (unpaired) electrons. The van der Waals surface area contributed by atoms with E-state index in [9.17, 15) is 4.79 Å². The molecule has 1 heterocycles. The smallest absolute Gasteiger partial charge is 0.228 e. The normalized spacial score (nSPS) is 10.5. The number of rotatable bonds is 7. The van der Waals surface area contributed by atoms with Crippen LogP contribution < -0.4 is 9.47 Å². The van der Waals surface area contributed by atoms with Crippen LogP contribution in [0.25, 0.3) is 0 Å². The van der Waals surface area contributed by atoms with Gasteiger partial charge in [-0.2, -0.15) is 4.98 Å². The zero-order valence-corrected chi connectivity index (χ0v) is 16.4. The van der Waals surface area contributed by atoms with Gasteiger partial charge in [0.05, 0.1) is 12.7 Å². The first-order chi connectivity index (χ1) is 13.1. The molecular formula is C20H17ClN2O3S. The molecular weight excluding hydrogens is 384 g/mol. The van der Waals surface area contributed by atoms with Crippen LogP contribution in [0.3, 0.4) is 0 Å². The summed E-state index contributed by atoms with van der Waals surface area (Å²) in [6.45, 7) is 0. The van der Waals surface area contributed by atoms with Crippen LogP contribution in [0.5, 0.6) is 17.4 Å². The van der Waals surface area contributed by atoms with Gasteiger partial charge in [0.1, 0.15) is 22.9 Å². The predicted molar refractivity (Wildman–Crippen MR) is 107 cm³/mol. The first-order valence-electron chi connectivity index (χ1n) is 8.09. The minimum atomic E-state index is 0.352. The monoisotopic (exact) mass is 400 g/mol. The number of hydrogen-bond acceptors (Lipinski definition) is 6. The SMILES string of the molecule is COc1ccc(Cc2c(Cl)nc(SC)nc2Oc2ccc(C=O)cc2)cc1. The summed E-state index contributed by atoms with van der Waals surface area (Å²) >= 11 is 7.80. The van der Waals surface area contributed by atoms with E-state index < -0.39 is 0 Å². The van der Waals surface area contributed by atoms with Crippen LogP contribution in [0.1, 0.15) is 21.5 Å². The average Bonchev–Trinajstić information content (AvgIpc) is 2.71. The van der Waals surface area contributed by atoms with E-state index in [0.29, 0.717) is 39.5 Å². The summed E-state index contributed by atoms with van der Waals surface area (Å²) in [6, 6.07) is 14.5. The summed E-state index contributed by atoms with van der Waals surface area (Å²) in [6.07, 6.45) is 3.17. The molecule has 0 aliphatic rings. The van der Waals surface area contributed by atoms with Gasteiger partial charge in [-0.25, -0.2) is 4.98 Å². The van der Waals surface area contributed by atoms with Crippen LogP contribution in [-0.2, 0) is 6.42 Å². The van der Waals surface area contributed by atoms with Crippen molar-refractivity contribution in [2.24, 2.45) is 0 Å². The van der Waals surface area contributed by atoms with Gasteiger partial charge in [0.25, 0.3) is 0 Å². The highest BCUT2D eigenvalue weighted by molar-refractivity contribution is 7.98. The molecule has 5 nitrogen and oxygen atoms in total. The van der Waals surface area contributed by atoms with Gasteiger partial charge in [-0.15, -0.1) is 0 Å². The molecule has 1 aromatic heterocycles. The molecule has 0 fully saturated rings. The van der Waals surface area contributed by atoms with E-state index >= 15 is 0 Å². The summed E-state index contributed by atoms with van der Waals surface area (Å²) in [5, 5.41) is 0.877. The van der Waals surface area contributed by atoms with Gasteiger partial charge < -0.3 is 9.47 Å². The maximum absolute atomic E-state index is 10.8. The Hall–Kier alpha value is -2.57. The second kappa shape index (κ2) is 8.88. The van der Waals surface area contributed by atoms with E-state index in [0.717, 1.165) is 17.6 Å². The molecule has 2 aromatic carbocycles. The van der Waals surface area contributed by atoms with E-state index in [4.69, 9.17) is 21.1 Å². The molecule has 27 heavy (non-hydrogen) atoms. The Morgan fingerprint density at radius 1 is 1.04 bits per heavy atom. The summed E-state index contributed by atoms with van der Waals surface area (Å²) in [7, 11) is 1.63. The molecule has 0 unspecified atom stereocenters. The number of ether oxygens (including phenoxy) is 2. The second-order valence-electron chi connectivity index (χ2n) is 5.60. The number of methoxy groups -OCH3 is 1. The van der Waals surface area contributed by atoms with Gasteiger partial charge >= 0.3 is 0 Å². The molecule has 0 amide bonds. The van der Waals surface area contributed by atoms with Crippen molar-refractivity contribution in [1.82, 2.24) is 9.97 Å². The van der Waals surface area contributed by atoms with Gasteiger partial charge in [-0.1, -0.05) is 35.5 Å². The number of halogens is 1. The number of carbonyl (C=O) groups is 1. The lowest BCUT2D eigenvalue weighted by molar-refractivity contribution is 0.112. The number of hydrogen-bond donors (Lipinski definition) is 0. The summed E-state index contributed by atoms with van der Waals surface area (Å²) in [4.78, 5) is 19.6. The third-order valence-electron chi connectivity index (χ3n) is 3.85. The lowest BCUT2D eigenvalue weighted by Gasteiger charge is -2.13. The van der Waals surface area contributed by atoms with Gasteiger partial charge in [0.2, 0.25) is 5.88 Å². The van der Waals surface area contributed by atoms with Crippen molar-refractivity contribution >= 4 is 29.6 Å². The molecule has 0 aliphatic carbocycles. The summed E-state index contributed by atoms with van der Waals surface area (Å²) in [5.41, 5.74) is 2.30. The van der Waals surface area contributed by atoms with Crippen molar-refractivity contribution in [2.45, 2.75) is 11.6 Å². The molecule has 0 atom stereocenters. The fourth-order valence-corrected chi connectivity index (χ4v) is 3.05. The molecule has 0 spiro atoms. The van der Waals surface area contributed by atoms with Gasteiger partial charge in [0.15, 0.2) is 5.16 Å². The van der Waals surface area contributed by atoms with Gasteiger partial charge in [-0.05, 0) is 48.2 Å². The molecule has 7 heteroatoms. The first-order valence-corrected chi connectivity index (χ1v) is 9.69. The van der Waals surface area contributed by atoms with Crippen LogP contribution in [-0.4, -0.2) is 29.6 Å². The van der Waals surface area contributed by atoms with Crippen molar-refractivity contribution in [1.29, 1.82) is 0 Å². The standard InChI is InChI=1S/C20H17ClN2O3S/c1-25-15-7-3-13(4-8-15)11-17-18(21)22-20(27-2)23-19(17)26-16-9-5-14(12-24)6-10-16/h3-10,12H,11H2,1-2H3. The summed E-state index contributed by atoms with van der Waals surface area (Å²) in [5.74, 6) is 1.75. The highest BCUT2D eigenvalue weighted by Crippen LogP contribution is 2.32. The number of thioether (sulfide) groups is 1. The van der Waals surface area contributed by atoms with E-state index in [-0.39, 0.29) is 0 Å². The van der Waals surface area contributed by atoms with Crippen molar-refractivity contribution in [3.05, 3.63) is 70.4 Å². The molecule has 0 saturated carbocycles.